The minimum atomic E-state index is -0.463. The molecule has 2 N–H and O–H groups in total. The van der Waals surface area contributed by atoms with E-state index in [1.807, 2.05) is 12.1 Å². The standard InChI is InChI=1S/C18H15BFN3O2/c1-24-14-7-9-6-11-17(10(9)8-15(14)25-2)22-23-18(11)21-13-5-3-4-12(20)16(13)19/h3-5,7-8H,6H2,1-2H3,(H2,21,22,23). The van der Waals surface area contributed by atoms with E-state index in [1.165, 1.54) is 6.07 Å². The minimum absolute atomic E-state index is 0.0677. The van der Waals surface area contributed by atoms with Gasteiger partial charge in [0.15, 0.2) is 17.3 Å². The van der Waals surface area contributed by atoms with E-state index in [1.54, 1.807) is 26.4 Å². The number of aromatic nitrogens is 2. The zero-order chi connectivity index (χ0) is 17.6. The van der Waals surface area contributed by atoms with E-state index < -0.39 is 5.82 Å². The summed E-state index contributed by atoms with van der Waals surface area (Å²) in [4.78, 5) is 0. The fourth-order valence-electron chi connectivity index (χ4n) is 3.13. The number of H-pyrrole nitrogens is 1. The van der Waals surface area contributed by atoms with Crippen LogP contribution in [0, 0.1) is 5.82 Å². The number of hydrogen-bond donors (Lipinski definition) is 2. The maximum absolute atomic E-state index is 13.6. The number of rotatable bonds is 4. The predicted octanol–water partition coefficient (Wildman–Crippen LogP) is 2.67. The average molecular weight is 335 g/mol. The monoisotopic (exact) mass is 335 g/mol. The maximum atomic E-state index is 13.6. The Bertz CT molecular complexity index is 971. The van der Waals surface area contributed by atoms with Gasteiger partial charge < -0.3 is 14.8 Å². The lowest BCUT2D eigenvalue weighted by Gasteiger charge is -2.10. The molecule has 1 aliphatic rings. The normalized spacial score (nSPS) is 11.8. The molecule has 2 aromatic carbocycles. The van der Waals surface area contributed by atoms with Crippen molar-refractivity contribution < 1.29 is 13.9 Å². The zero-order valence-electron chi connectivity index (χ0n) is 13.8. The Morgan fingerprint density at radius 1 is 1.20 bits per heavy atom. The van der Waals surface area contributed by atoms with Gasteiger partial charge in [-0.3, -0.25) is 5.10 Å². The Kier molecular flexibility index (Phi) is 3.64. The number of benzene rings is 2. The van der Waals surface area contributed by atoms with Gasteiger partial charge in [0.1, 0.15) is 13.7 Å². The molecule has 0 saturated heterocycles. The first-order valence-electron chi connectivity index (χ1n) is 7.76. The molecule has 124 valence electrons. The SMILES string of the molecule is [B]c1c(F)cccc1Nc1n[nH]c2c1Cc1cc(OC)c(OC)cc1-2. The quantitative estimate of drug-likeness (QED) is 0.563. The fraction of sp³-hybridized carbons (Fsp3) is 0.167. The molecule has 5 nitrogen and oxygen atoms in total. The Hall–Kier alpha value is -2.96. The molecule has 0 amide bonds. The molecule has 0 bridgehead atoms. The number of fused-ring (bicyclic) bond motifs is 3. The molecule has 7 heteroatoms. The van der Waals surface area contributed by atoms with Crippen LogP contribution in [0.3, 0.4) is 0 Å². The molecule has 1 aromatic heterocycles. The van der Waals surface area contributed by atoms with E-state index in [-0.39, 0.29) is 5.46 Å². The molecule has 1 heterocycles. The van der Waals surface area contributed by atoms with Crippen LogP contribution in [0.2, 0.25) is 0 Å². The van der Waals surface area contributed by atoms with Gasteiger partial charge in [-0.25, -0.2) is 4.39 Å². The zero-order valence-corrected chi connectivity index (χ0v) is 13.8. The number of nitrogens with zero attached hydrogens (tertiary/aromatic N) is 1. The average Bonchev–Trinajstić information content (AvgIpc) is 3.17. The molecule has 3 aromatic rings. The van der Waals surface area contributed by atoms with Crippen molar-refractivity contribution in [3.8, 4) is 22.8 Å². The third-order valence-electron chi connectivity index (χ3n) is 4.42. The molecule has 0 fully saturated rings. The van der Waals surface area contributed by atoms with Gasteiger partial charge in [0.25, 0.3) is 0 Å². The molecule has 1 aliphatic carbocycles. The lowest BCUT2D eigenvalue weighted by Crippen LogP contribution is -2.14. The summed E-state index contributed by atoms with van der Waals surface area (Å²) in [5.41, 5.74) is 4.58. The van der Waals surface area contributed by atoms with Crippen LogP contribution in [-0.2, 0) is 6.42 Å². The second kappa shape index (κ2) is 5.84. The van der Waals surface area contributed by atoms with E-state index in [4.69, 9.17) is 17.3 Å². The third kappa shape index (κ3) is 2.43. The number of aromatic amines is 1. The van der Waals surface area contributed by atoms with Crippen molar-refractivity contribution in [3.63, 3.8) is 0 Å². The number of ether oxygens (including phenoxy) is 2. The summed E-state index contributed by atoms with van der Waals surface area (Å²) in [6, 6.07) is 8.53. The number of methoxy groups -OCH3 is 2. The molecule has 0 aliphatic heterocycles. The van der Waals surface area contributed by atoms with Gasteiger partial charge in [0.05, 0.1) is 19.9 Å². The minimum Gasteiger partial charge on any atom is -0.493 e. The van der Waals surface area contributed by atoms with E-state index in [0.717, 1.165) is 22.4 Å². The van der Waals surface area contributed by atoms with E-state index >= 15 is 0 Å². The van der Waals surface area contributed by atoms with Gasteiger partial charge >= 0.3 is 0 Å². The van der Waals surface area contributed by atoms with Crippen molar-refractivity contribution in [3.05, 3.63) is 47.3 Å². The summed E-state index contributed by atoms with van der Waals surface area (Å²) < 4.78 is 24.4. The third-order valence-corrected chi connectivity index (χ3v) is 4.42. The Balaban J connectivity index is 1.73. The molecule has 2 radical (unpaired) electrons. The van der Waals surface area contributed by atoms with Crippen LogP contribution < -0.4 is 20.3 Å². The highest BCUT2D eigenvalue weighted by Crippen LogP contribution is 2.44. The number of halogens is 1. The van der Waals surface area contributed by atoms with Crippen LogP contribution in [0.1, 0.15) is 11.1 Å². The van der Waals surface area contributed by atoms with Crippen molar-refractivity contribution in [1.82, 2.24) is 10.2 Å². The topological polar surface area (TPSA) is 59.2 Å². The Morgan fingerprint density at radius 3 is 2.72 bits per heavy atom. The summed E-state index contributed by atoms with van der Waals surface area (Å²) in [5.74, 6) is 1.51. The van der Waals surface area contributed by atoms with Gasteiger partial charge in [-0.15, -0.1) is 0 Å². The highest BCUT2D eigenvalue weighted by Gasteiger charge is 2.27. The number of nitrogens with one attached hydrogen (secondary N) is 2. The lowest BCUT2D eigenvalue weighted by molar-refractivity contribution is 0.355. The lowest BCUT2D eigenvalue weighted by atomic mass is 9.93. The number of anilines is 2. The smallest absolute Gasteiger partial charge is 0.161 e. The van der Waals surface area contributed by atoms with E-state index in [2.05, 4.69) is 15.5 Å². The van der Waals surface area contributed by atoms with Gasteiger partial charge in [-0.1, -0.05) is 6.07 Å². The van der Waals surface area contributed by atoms with Crippen LogP contribution >= 0.6 is 0 Å². The van der Waals surface area contributed by atoms with Crippen LogP contribution in [0.25, 0.3) is 11.3 Å². The summed E-state index contributed by atoms with van der Waals surface area (Å²) in [7, 11) is 9.01. The summed E-state index contributed by atoms with van der Waals surface area (Å²) in [6.45, 7) is 0. The number of hydrogen-bond acceptors (Lipinski definition) is 4. The molecule has 25 heavy (non-hydrogen) atoms. The Morgan fingerprint density at radius 2 is 1.96 bits per heavy atom. The fourth-order valence-corrected chi connectivity index (χ4v) is 3.13. The summed E-state index contributed by atoms with van der Waals surface area (Å²) in [6.07, 6.45) is 0.680. The molecule has 4 rings (SSSR count). The van der Waals surface area contributed by atoms with Crippen molar-refractivity contribution in [2.45, 2.75) is 6.42 Å². The van der Waals surface area contributed by atoms with Gasteiger partial charge in [-0.2, -0.15) is 5.10 Å². The van der Waals surface area contributed by atoms with E-state index in [0.29, 0.717) is 29.4 Å². The van der Waals surface area contributed by atoms with Crippen molar-refractivity contribution in [2.75, 3.05) is 19.5 Å². The molecule has 0 atom stereocenters. The van der Waals surface area contributed by atoms with Crippen molar-refractivity contribution in [1.29, 1.82) is 0 Å². The van der Waals surface area contributed by atoms with Crippen LogP contribution in [0.4, 0.5) is 15.9 Å². The Labute approximate surface area is 145 Å². The first kappa shape index (κ1) is 15.6. The maximum Gasteiger partial charge on any atom is 0.161 e. The molecule has 0 saturated carbocycles. The van der Waals surface area contributed by atoms with Gasteiger partial charge in [0, 0.05) is 23.2 Å². The highest BCUT2D eigenvalue weighted by molar-refractivity contribution is 6.36. The van der Waals surface area contributed by atoms with Crippen LogP contribution in [0.5, 0.6) is 11.5 Å². The molecular weight excluding hydrogens is 320 g/mol. The summed E-state index contributed by atoms with van der Waals surface area (Å²) in [5, 5.41) is 10.5. The molecule has 0 unspecified atom stereocenters. The summed E-state index contributed by atoms with van der Waals surface area (Å²) >= 11 is 0. The first-order chi connectivity index (χ1) is 12.1. The molecule has 0 spiro atoms. The second-order valence-corrected chi connectivity index (χ2v) is 5.79. The first-order valence-corrected chi connectivity index (χ1v) is 7.76. The van der Waals surface area contributed by atoms with Crippen LogP contribution in [0.15, 0.2) is 30.3 Å². The molecular formula is C18H15BFN3O2. The van der Waals surface area contributed by atoms with E-state index in [9.17, 15) is 4.39 Å². The van der Waals surface area contributed by atoms with Crippen molar-refractivity contribution in [2.24, 2.45) is 0 Å². The van der Waals surface area contributed by atoms with Gasteiger partial charge in [0.2, 0.25) is 0 Å². The van der Waals surface area contributed by atoms with Crippen molar-refractivity contribution >= 4 is 24.8 Å². The highest BCUT2D eigenvalue weighted by atomic mass is 19.1. The second-order valence-electron chi connectivity index (χ2n) is 5.79. The van der Waals surface area contributed by atoms with Crippen LogP contribution in [-0.4, -0.2) is 32.3 Å². The van der Waals surface area contributed by atoms with Gasteiger partial charge in [-0.05, 0) is 35.3 Å². The predicted molar refractivity (Wildman–Crippen MR) is 95.0 cm³/mol. The largest absolute Gasteiger partial charge is 0.493 e.